The normalized spacial score (nSPS) is 23.3. The van der Waals surface area contributed by atoms with Gasteiger partial charge in [0.1, 0.15) is 11.9 Å². The van der Waals surface area contributed by atoms with E-state index in [9.17, 15) is 0 Å². The van der Waals surface area contributed by atoms with Crippen molar-refractivity contribution in [3.05, 3.63) is 24.4 Å². The van der Waals surface area contributed by atoms with Crippen LogP contribution in [0.1, 0.15) is 0 Å². The Kier molecular flexibility index (Phi) is 1.53. The Balaban J connectivity index is 2.56. The highest BCUT2D eigenvalue weighted by Gasteiger charge is 2.04. The second kappa shape index (κ2) is 2.35. The van der Waals surface area contributed by atoms with E-state index in [4.69, 9.17) is 11.1 Å². The van der Waals surface area contributed by atoms with E-state index in [0.717, 1.165) is 0 Å². The Hall–Kier alpha value is -1.25. The predicted octanol–water partition coefficient (Wildman–Crippen LogP) is -0.0359. The quantitative estimate of drug-likeness (QED) is 0.338. The van der Waals surface area contributed by atoms with Crippen molar-refractivity contribution in [3.8, 4) is 0 Å². The van der Waals surface area contributed by atoms with E-state index in [1.54, 1.807) is 6.20 Å². The molecule has 1 aliphatic heterocycles. The summed E-state index contributed by atoms with van der Waals surface area (Å²) in [5.41, 5.74) is 5.20. The van der Waals surface area contributed by atoms with Crippen molar-refractivity contribution in [1.82, 2.24) is 5.32 Å². The Bertz CT molecular complexity index is 169. The van der Waals surface area contributed by atoms with Crippen LogP contribution in [-0.2, 0) is 0 Å². The average Bonchev–Trinajstić information content (AvgIpc) is 1.90. The van der Waals surface area contributed by atoms with E-state index in [2.05, 4.69) is 5.32 Å². The lowest BCUT2D eigenvalue weighted by Gasteiger charge is -2.12. The highest BCUT2D eigenvalue weighted by atomic mass is 14.9. The molecule has 0 saturated heterocycles. The molecule has 0 amide bonds. The molecule has 0 radical (unpaired) electrons. The van der Waals surface area contributed by atoms with Crippen LogP contribution in [0, 0.1) is 5.41 Å². The van der Waals surface area contributed by atoms with Crippen molar-refractivity contribution in [2.75, 3.05) is 0 Å². The smallest absolute Gasteiger partial charge is 0.118 e. The Morgan fingerprint density at radius 3 is 2.67 bits per heavy atom. The molecule has 0 aromatic rings. The largest absolute Gasteiger partial charge is 0.386 e. The Morgan fingerprint density at radius 1 is 1.56 bits per heavy atom. The fourth-order valence-electron chi connectivity index (χ4n) is 0.639. The van der Waals surface area contributed by atoms with Gasteiger partial charge in [0.15, 0.2) is 0 Å². The minimum Gasteiger partial charge on any atom is -0.386 e. The minimum atomic E-state index is -0.102. The lowest BCUT2D eigenvalue weighted by molar-refractivity contribution is 0.851. The van der Waals surface area contributed by atoms with Crippen molar-refractivity contribution in [3.63, 3.8) is 0 Å². The van der Waals surface area contributed by atoms with Crippen LogP contribution < -0.4 is 11.1 Å². The highest BCUT2D eigenvalue weighted by Crippen LogP contribution is 1.91. The van der Waals surface area contributed by atoms with E-state index in [-0.39, 0.29) is 11.9 Å². The molecule has 3 heteroatoms. The molecule has 1 rings (SSSR count). The van der Waals surface area contributed by atoms with E-state index >= 15 is 0 Å². The molecule has 0 aromatic heterocycles. The lowest BCUT2D eigenvalue weighted by atomic mass is 10.2. The fourth-order valence-corrected chi connectivity index (χ4v) is 0.639. The van der Waals surface area contributed by atoms with Crippen LogP contribution in [-0.4, -0.2) is 11.9 Å². The van der Waals surface area contributed by atoms with Crippen LogP contribution in [0.4, 0.5) is 0 Å². The van der Waals surface area contributed by atoms with Gasteiger partial charge in [-0.05, 0) is 12.3 Å². The molecule has 1 atom stereocenters. The zero-order valence-electron chi connectivity index (χ0n) is 4.96. The molecule has 0 bridgehead atoms. The van der Waals surface area contributed by atoms with Gasteiger partial charge in [0, 0.05) is 0 Å². The highest BCUT2D eigenvalue weighted by molar-refractivity contribution is 5.85. The summed E-state index contributed by atoms with van der Waals surface area (Å²) in [6, 6.07) is -0.102. The maximum absolute atomic E-state index is 7.02. The molecule has 0 aromatic carbocycles. The summed E-state index contributed by atoms with van der Waals surface area (Å²) >= 11 is 0. The molecule has 0 aliphatic carbocycles. The van der Waals surface area contributed by atoms with Gasteiger partial charge < -0.3 is 11.1 Å². The standard InChI is InChI=1S/C6H9N3/c7-6(8)5-3-1-2-4-9-5/h1-5,9H,(H3,7,8). The molecule has 0 saturated carbocycles. The first-order valence-corrected chi connectivity index (χ1v) is 2.74. The molecule has 1 heterocycles. The topological polar surface area (TPSA) is 61.9 Å². The van der Waals surface area contributed by atoms with Gasteiger partial charge in [0.2, 0.25) is 0 Å². The van der Waals surface area contributed by atoms with Gasteiger partial charge in [-0.2, -0.15) is 0 Å². The summed E-state index contributed by atoms with van der Waals surface area (Å²) in [5.74, 6) is 0.149. The molecular weight excluding hydrogens is 114 g/mol. The molecule has 0 spiro atoms. The third-order valence-corrected chi connectivity index (χ3v) is 1.12. The molecule has 1 aliphatic rings. The molecule has 4 N–H and O–H groups in total. The Morgan fingerprint density at radius 2 is 2.33 bits per heavy atom. The van der Waals surface area contributed by atoms with Crippen LogP contribution in [0.3, 0.4) is 0 Å². The number of dihydropyridines is 1. The monoisotopic (exact) mass is 123 g/mol. The first-order chi connectivity index (χ1) is 4.30. The summed E-state index contributed by atoms with van der Waals surface area (Å²) in [6.07, 6.45) is 7.33. The summed E-state index contributed by atoms with van der Waals surface area (Å²) < 4.78 is 0. The third-order valence-electron chi connectivity index (χ3n) is 1.12. The van der Waals surface area contributed by atoms with Crippen LogP contribution >= 0.6 is 0 Å². The first-order valence-electron chi connectivity index (χ1n) is 2.74. The van der Waals surface area contributed by atoms with Gasteiger partial charge in [-0.25, -0.2) is 0 Å². The number of nitrogens with one attached hydrogen (secondary N) is 2. The average molecular weight is 123 g/mol. The second-order valence-electron chi connectivity index (χ2n) is 1.84. The molecule has 48 valence electrons. The van der Waals surface area contributed by atoms with Crippen LogP contribution in [0.2, 0.25) is 0 Å². The number of nitrogens with two attached hydrogens (primary N) is 1. The molecule has 0 fully saturated rings. The minimum absolute atomic E-state index is 0.102. The zero-order chi connectivity index (χ0) is 6.69. The summed E-state index contributed by atoms with van der Waals surface area (Å²) in [5, 5.41) is 9.92. The van der Waals surface area contributed by atoms with Crippen LogP contribution in [0.25, 0.3) is 0 Å². The van der Waals surface area contributed by atoms with Crippen molar-refractivity contribution >= 4 is 5.84 Å². The molecular formula is C6H9N3. The fraction of sp³-hybridized carbons (Fsp3) is 0.167. The van der Waals surface area contributed by atoms with Crippen molar-refractivity contribution in [2.45, 2.75) is 6.04 Å². The van der Waals surface area contributed by atoms with Crippen molar-refractivity contribution < 1.29 is 0 Å². The maximum Gasteiger partial charge on any atom is 0.118 e. The molecule has 9 heavy (non-hydrogen) atoms. The predicted molar refractivity (Wildman–Crippen MR) is 37.1 cm³/mol. The number of rotatable bonds is 1. The number of amidine groups is 1. The Labute approximate surface area is 53.8 Å². The number of hydrogen-bond donors (Lipinski definition) is 3. The van der Waals surface area contributed by atoms with Crippen LogP contribution in [0.5, 0.6) is 0 Å². The van der Waals surface area contributed by atoms with Crippen LogP contribution in [0.15, 0.2) is 24.4 Å². The SMILES string of the molecule is N=C(N)C1C=CC=CN1. The molecule has 1 unspecified atom stereocenters. The zero-order valence-corrected chi connectivity index (χ0v) is 4.96. The van der Waals surface area contributed by atoms with E-state index in [0.29, 0.717) is 0 Å². The lowest BCUT2D eigenvalue weighted by Crippen LogP contribution is -2.37. The van der Waals surface area contributed by atoms with Gasteiger partial charge in [0.05, 0.1) is 0 Å². The maximum atomic E-state index is 7.02. The van der Waals surface area contributed by atoms with Gasteiger partial charge in [-0.3, -0.25) is 5.41 Å². The van der Waals surface area contributed by atoms with Crippen molar-refractivity contribution in [1.29, 1.82) is 5.41 Å². The molecule has 3 nitrogen and oxygen atoms in total. The summed E-state index contributed by atoms with van der Waals surface area (Å²) in [6.45, 7) is 0. The third kappa shape index (κ3) is 1.32. The second-order valence-corrected chi connectivity index (χ2v) is 1.84. The van der Waals surface area contributed by atoms with E-state index in [1.807, 2.05) is 18.2 Å². The summed E-state index contributed by atoms with van der Waals surface area (Å²) in [4.78, 5) is 0. The van der Waals surface area contributed by atoms with Gasteiger partial charge >= 0.3 is 0 Å². The summed E-state index contributed by atoms with van der Waals surface area (Å²) in [7, 11) is 0. The van der Waals surface area contributed by atoms with E-state index in [1.165, 1.54) is 0 Å². The van der Waals surface area contributed by atoms with Crippen molar-refractivity contribution in [2.24, 2.45) is 5.73 Å². The first kappa shape index (κ1) is 5.88. The number of hydrogen-bond acceptors (Lipinski definition) is 2. The van der Waals surface area contributed by atoms with E-state index < -0.39 is 0 Å². The van der Waals surface area contributed by atoms with Gasteiger partial charge in [0.25, 0.3) is 0 Å². The van der Waals surface area contributed by atoms with Gasteiger partial charge in [-0.15, -0.1) is 0 Å². The number of allylic oxidation sites excluding steroid dienone is 2. The van der Waals surface area contributed by atoms with Gasteiger partial charge in [-0.1, -0.05) is 12.2 Å².